The molecule has 0 saturated heterocycles. The number of alkyl halides is 7. The third-order valence-electron chi connectivity index (χ3n) is 3.92. The summed E-state index contributed by atoms with van der Waals surface area (Å²) in [5.41, 5.74) is 0.166. The fourth-order valence-corrected chi connectivity index (χ4v) is 2.43. The number of carbonyl (C=O) groups is 1. The molecule has 1 amide bonds. The SMILES string of the molecule is C[C@](O)(CBr)C(=O)Nc1ccc(C#N)c(C(F)(F)F)c1.N#Cc1ccc(N)cc1C(F)(F)F. The van der Waals surface area contributed by atoms with Gasteiger partial charge in [-0.25, -0.2) is 0 Å². The molecule has 0 aliphatic heterocycles. The second kappa shape index (κ2) is 10.6. The number of nitrogens with zero attached hydrogens (tertiary/aromatic N) is 2. The van der Waals surface area contributed by atoms with Gasteiger partial charge in [0.25, 0.3) is 5.91 Å². The normalized spacial score (nSPS) is 12.9. The van der Waals surface area contributed by atoms with Crippen LogP contribution < -0.4 is 11.1 Å². The molecule has 176 valence electrons. The van der Waals surface area contributed by atoms with Crippen LogP contribution in [0, 0.1) is 22.7 Å². The quantitative estimate of drug-likeness (QED) is 0.295. The molecule has 2 rings (SSSR count). The Labute approximate surface area is 192 Å². The summed E-state index contributed by atoms with van der Waals surface area (Å²) in [5, 5.41) is 28.8. The highest BCUT2D eigenvalue weighted by molar-refractivity contribution is 9.09. The molecular formula is C20H15BrF6N4O2. The van der Waals surface area contributed by atoms with Crippen molar-refractivity contribution in [2.45, 2.75) is 24.9 Å². The number of halogens is 7. The summed E-state index contributed by atoms with van der Waals surface area (Å²) in [6.07, 6.45) is -9.23. The van der Waals surface area contributed by atoms with Gasteiger partial charge in [-0.2, -0.15) is 36.9 Å². The highest BCUT2D eigenvalue weighted by Crippen LogP contribution is 2.34. The van der Waals surface area contributed by atoms with Crippen LogP contribution in [0.4, 0.5) is 37.7 Å². The van der Waals surface area contributed by atoms with Crippen LogP contribution in [0.25, 0.3) is 0 Å². The molecule has 2 aromatic carbocycles. The van der Waals surface area contributed by atoms with Gasteiger partial charge in [0.15, 0.2) is 0 Å². The van der Waals surface area contributed by atoms with Crippen molar-refractivity contribution in [2.75, 3.05) is 16.4 Å². The maximum Gasteiger partial charge on any atom is 0.417 e. The van der Waals surface area contributed by atoms with Crippen molar-refractivity contribution >= 4 is 33.2 Å². The van der Waals surface area contributed by atoms with Crippen molar-refractivity contribution < 1.29 is 36.2 Å². The smallest absolute Gasteiger partial charge is 0.399 e. The van der Waals surface area contributed by atoms with Crippen LogP contribution in [0.15, 0.2) is 36.4 Å². The lowest BCUT2D eigenvalue weighted by atomic mass is 10.1. The molecule has 0 fully saturated rings. The van der Waals surface area contributed by atoms with E-state index in [1.165, 1.54) is 25.1 Å². The molecular weight excluding hydrogens is 522 g/mol. The lowest BCUT2D eigenvalue weighted by molar-refractivity contribution is -0.138. The van der Waals surface area contributed by atoms with E-state index in [4.69, 9.17) is 16.3 Å². The zero-order chi connectivity index (χ0) is 25.6. The third-order valence-corrected chi connectivity index (χ3v) is 5.01. The van der Waals surface area contributed by atoms with E-state index in [0.29, 0.717) is 6.07 Å². The van der Waals surface area contributed by atoms with Crippen molar-refractivity contribution in [2.24, 2.45) is 0 Å². The van der Waals surface area contributed by atoms with E-state index >= 15 is 0 Å². The zero-order valence-electron chi connectivity index (χ0n) is 16.6. The Bertz CT molecular complexity index is 1100. The van der Waals surface area contributed by atoms with Crippen molar-refractivity contribution in [3.63, 3.8) is 0 Å². The van der Waals surface area contributed by atoms with Crippen LogP contribution >= 0.6 is 15.9 Å². The van der Waals surface area contributed by atoms with Gasteiger partial charge in [0.05, 0.1) is 34.4 Å². The van der Waals surface area contributed by atoms with Crippen LogP contribution in [0.5, 0.6) is 0 Å². The van der Waals surface area contributed by atoms with Gasteiger partial charge < -0.3 is 16.2 Å². The number of aliphatic hydroxyl groups is 1. The molecule has 0 radical (unpaired) electrons. The zero-order valence-corrected chi connectivity index (χ0v) is 18.2. The van der Waals surface area contributed by atoms with E-state index in [-0.39, 0.29) is 16.7 Å². The predicted molar refractivity (Wildman–Crippen MR) is 110 cm³/mol. The summed E-state index contributed by atoms with van der Waals surface area (Å²) < 4.78 is 74.8. The maximum absolute atomic E-state index is 12.7. The number of hydrogen-bond acceptors (Lipinski definition) is 5. The summed E-state index contributed by atoms with van der Waals surface area (Å²) in [5.74, 6) is -0.854. The average Bonchev–Trinajstić information content (AvgIpc) is 2.72. The Morgan fingerprint density at radius 1 is 1.00 bits per heavy atom. The van der Waals surface area contributed by atoms with Crippen LogP contribution in [-0.4, -0.2) is 21.9 Å². The second-order valence-electron chi connectivity index (χ2n) is 6.65. The van der Waals surface area contributed by atoms with Gasteiger partial charge in [-0.3, -0.25) is 4.79 Å². The van der Waals surface area contributed by atoms with Gasteiger partial charge in [-0.05, 0) is 43.3 Å². The average molecular weight is 537 g/mol. The fourth-order valence-electron chi connectivity index (χ4n) is 2.17. The van der Waals surface area contributed by atoms with Crippen molar-refractivity contribution in [1.29, 1.82) is 10.5 Å². The van der Waals surface area contributed by atoms with Crippen molar-refractivity contribution in [3.8, 4) is 12.1 Å². The van der Waals surface area contributed by atoms with Crippen molar-refractivity contribution in [1.82, 2.24) is 0 Å². The number of anilines is 2. The highest BCUT2D eigenvalue weighted by atomic mass is 79.9. The Kier molecular flexibility index (Phi) is 8.87. The largest absolute Gasteiger partial charge is 0.417 e. The van der Waals surface area contributed by atoms with Crippen molar-refractivity contribution in [3.05, 3.63) is 58.7 Å². The van der Waals surface area contributed by atoms with E-state index in [1.807, 2.05) is 0 Å². The maximum atomic E-state index is 12.7. The summed E-state index contributed by atoms with van der Waals surface area (Å²) in [6.45, 7) is 1.21. The Morgan fingerprint density at radius 2 is 1.45 bits per heavy atom. The van der Waals surface area contributed by atoms with Gasteiger partial charge in [0.1, 0.15) is 5.60 Å². The first kappa shape index (κ1) is 27.7. The van der Waals surface area contributed by atoms with E-state index in [2.05, 4.69) is 21.2 Å². The number of nitrogens with two attached hydrogens (primary N) is 1. The predicted octanol–water partition coefficient (Wildman–Crippen LogP) is 4.82. The molecule has 2 aromatic rings. The number of carbonyl (C=O) groups excluding carboxylic acids is 1. The summed E-state index contributed by atoms with van der Waals surface area (Å²) >= 11 is 2.92. The molecule has 0 aromatic heterocycles. The Morgan fingerprint density at radius 3 is 1.88 bits per heavy atom. The van der Waals surface area contributed by atoms with Gasteiger partial charge >= 0.3 is 12.4 Å². The van der Waals surface area contributed by atoms with Crippen LogP contribution in [0.1, 0.15) is 29.2 Å². The number of nitrogens with one attached hydrogen (secondary N) is 1. The third kappa shape index (κ3) is 7.66. The van der Waals surface area contributed by atoms with Gasteiger partial charge in [0, 0.05) is 16.7 Å². The fraction of sp³-hybridized carbons (Fsp3) is 0.250. The standard InChI is InChI=1S/C12H10BrF3N2O2.C8H5F3N2/c1-11(20,6-13)10(19)18-8-3-2-7(5-17)9(4-8)12(14,15)16;9-8(10,11)7-3-6(13)2-1-5(7)4-12/h2-4,20H,6H2,1H3,(H,18,19);1-3H,13H2/t11-;/m0./s1. The van der Waals surface area contributed by atoms with Crippen LogP contribution in [-0.2, 0) is 17.1 Å². The second-order valence-corrected chi connectivity index (χ2v) is 7.21. The molecule has 0 aliphatic rings. The lowest BCUT2D eigenvalue weighted by Gasteiger charge is -2.20. The van der Waals surface area contributed by atoms with Crippen LogP contribution in [0.2, 0.25) is 0 Å². The first-order valence-electron chi connectivity index (χ1n) is 8.64. The molecule has 33 heavy (non-hydrogen) atoms. The number of nitrogen functional groups attached to an aromatic ring is 1. The molecule has 4 N–H and O–H groups in total. The molecule has 0 bridgehead atoms. The molecule has 1 atom stereocenters. The topological polar surface area (TPSA) is 123 Å². The number of hydrogen-bond donors (Lipinski definition) is 3. The first-order valence-corrected chi connectivity index (χ1v) is 9.77. The van der Waals surface area contributed by atoms with Gasteiger partial charge in [-0.15, -0.1) is 0 Å². The first-order chi connectivity index (χ1) is 15.1. The number of nitriles is 2. The molecule has 0 spiro atoms. The monoisotopic (exact) mass is 536 g/mol. The van der Waals surface area contributed by atoms with Crippen LogP contribution in [0.3, 0.4) is 0 Å². The Hall–Kier alpha value is -3.29. The van der Waals surface area contributed by atoms with Gasteiger partial charge in [0.2, 0.25) is 0 Å². The molecule has 13 heteroatoms. The van der Waals surface area contributed by atoms with E-state index in [0.717, 1.165) is 24.3 Å². The Balaban J connectivity index is 0.000000361. The van der Waals surface area contributed by atoms with Gasteiger partial charge in [-0.1, -0.05) is 15.9 Å². The molecule has 0 heterocycles. The minimum absolute atomic E-state index is 0.00803. The number of rotatable bonds is 3. The minimum Gasteiger partial charge on any atom is -0.399 e. The van der Waals surface area contributed by atoms with E-state index in [1.54, 1.807) is 0 Å². The van der Waals surface area contributed by atoms with E-state index < -0.39 is 46.1 Å². The van der Waals surface area contributed by atoms with E-state index in [9.17, 15) is 36.2 Å². The molecule has 0 saturated carbocycles. The molecule has 0 aliphatic carbocycles. The molecule has 6 nitrogen and oxygen atoms in total. The number of amides is 1. The molecule has 0 unspecified atom stereocenters. The summed E-state index contributed by atoms with van der Waals surface area (Å²) in [7, 11) is 0. The highest BCUT2D eigenvalue weighted by Gasteiger charge is 2.35. The number of benzene rings is 2. The lowest BCUT2D eigenvalue weighted by Crippen LogP contribution is -2.41. The summed E-state index contributed by atoms with van der Waals surface area (Å²) in [6, 6.07) is 8.72. The minimum atomic E-state index is -4.70. The summed E-state index contributed by atoms with van der Waals surface area (Å²) in [4.78, 5) is 11.6.